The second-order valence-corrected chi connectivity index (χ2v) is 5.33. The maximum atomic E-state index is 12.4. The third-order valence-electron chi connectivity index (χ3n) is 3.70. The normalized spacial score (nSPS) is 19.5. The number of benzene rings is 1. The van der Waals surface area contributed by atoms with E-state index in [-0.39, 0.29) is 12.8 Å². The van der Waals surface area contributed by atoms with E-state index in [1.54, 1.807) is 0 Å². The summed E-state index contributed by atoms with van der Waals surface area (Å²) in [4.78, 5) is 12.4. The van der Waals surface area contributed by atoms with E-state index in [2.05, 4.69) is 5.32 Å². The van der Waals surface area contributed by atoms with E-state index < -0.39 is 5.54 Å². The van der Waals surface area contributed by atoms with Crippen molar-refractivity contribution >= 4 is 5.97 Å². The van der Waals surface area contributed by atoms with Crippen LogP contribution in [0, 0.1) is 0 Å². The Kier molecular flexibility index (Phi) is 3.30. The van der Waals surface area contributed by atoms with Crippen LogP contribution in [0.4, 0.5) is 0 Å². The molecular weight excluding hydrogens is 258 g/mol. The Labute approximate surface area is 118 Å². The number of nitrogens with one attached hydrogen (secondary N) is 1. The van der Waals surface area contributed by atoms with E-state index in [9.17, 15) is 4.79 Å². The lowest BCUT2D eigenvalue weighted by Gasteiger charge is -2.29. The van der Waals surface area contributed by atoms with Gasteiger partial charge in [0.2, 0.25) is 6.79 Å². The molecule has 1 aromatic rings. The van der Waals surface area contributed by atoms with E-state index in [0.717, 1.165) is 18.4 Å². The Bertz CT molecular complexity index is 527. The number of fused-ring (bicyclic) bond motifs is 1. The molecule has 2 aliphatic rings. The molecular formula is C15H19NO4. The fourth-order valence-electron chi connectivity index (χ4n) is 2.38. The first-order valence-electron chi connectivity index (χ1n) is 6.98. The second kappa shape index (κ2) is 4.98. The monoisotopic (exact) mass is 277 g/mol. The summed E-state index contributed by atoms with van der Waals surface area (Å²) in [6, 6.07) is 5.97. The average Bonchev–Trinajstić information content (AvgIpc) is 3.12. The van der Waals surface area contributed by atoms with Crippen LogP contribution >= 0.6 is 0 Å². The van der Waals surface area contributed by atoms with E-state index in [4.69, 9.17) is 14.2 Å². The van der Waals surface area contributed by atoms with Crippen LogP contribution in [0.25, 0.3) is 0 Å². The standard InChI is InChI=1S/C15H19NO4/c1-3-18-14(17)15(2,16-11-5-6-11)10-4-7-12-13(8-10)20-9-19-12/h4,7-8,11,16H,3,5-6,9H2,1-2H3. The first-order chi connectivity index (χ1) is 9.63. The van der Waals surface area contributed by atoms with Crippen LogP contribution in [0.5, 0.6) is 11.5 Å². The maximum absolute atomic E-state index is 12.4. The van der Waals surface area contributed by atoms with Crippen LogP contribution < -0.4 is 14.8 Å². The molecule has 0 amide bonds. The quantitative estimate of drug-likeness (QED) is 0.834. The molecule has 1 atom stereocenters. The van der Waals surface area contributed by atoms with Gasteiger partial charge in [-0.1, -0.05) is 6.07 Å². The van der Waals surface area contributed by atoms with Crippen molar-refractivity contribution in [2.45, 2.75) is 38.3 Å². The number of hydrogen-bond acceptors (Lipinski definition) is 5. The Morgan fingerprint density at radius 3 is 2.85 bits per heavy atom. The third-order valence-corrected chi connectivity index (χ3v) is 3.70. The van der Waals surface area contributed by atoms with Crippen molar-refractivity contribution in [1.82, 2.24) is 5.32 Å². The lowest BCUT2D eigenvalue weighted by Crippen LogP contribution is -2.48. The molecule has 0 spiro atoms. The summed E-state index contributed by atoms with van der Waals surface area (Å²) in [6.45, 7) is 4.27. The predicted octanol–water partition coefficient (Wildman–Crippen LogP) is 1.95. The molecule has 0 radical (unpaired) electrons. The zero-order chi connectivity index (χ0) is 14.2. The molecule has 5 nitrogen and oxygen atoms in total. The summed E-state index contributed by atoms with van der Waals surface area (Å²) in [6.07, 6.45) is 2.19. The third kappa shape index (κ3) is 2.33. The molecule has 1 fully saturated rings. The summed E-state index contributed by atoms with van der Waals surface area (Å²) in [7, 11) is 0. The predicted molar refractivity (Wildman–Crippen MR) is 72.7 cm³/mol. The lowest BCUT2D eigenvalue weighted by molar-refractivity contribution is -0.151. The first kappa shape index (κ1) is 13.2. The zero-order valence-electron chi connectivity index (χ0n) is 11.8. The van der Waals surface area contributed by atoms with Crippen LogP contribution in [0.2, 0.25) is 0 Å². The van der Waals surface area contributed by atoms with E-state index in [1.807, 2.05) is 32.0 Å². The van der Waals surface area contributed by atoms with Crippen LogP contribution in [-0.2, 0) is 15.1 Å². The van der Waals surface area contributed by atoms with Gasteiger partial charge in [-0.3, -0.25) is 5.32 Å². The summed E-state index contributed by atoms with van der Waals surface area (Å²) in [5.74, 6) is 1.13. The molecule has 1 N–H and O–H groups in total. The number of carbonyl (C=O) groups excluding carboxylic acids is 1. The molecule has 108 valence electrons. The van der Waals surface area contributed by atoms with Gasteiger partial charge in [0.25, 0.3) is 0 Å². The van der Waals surface area contributed by atoms with Crippen LogP contribution in [0.3, 0.4) is 0 Å². The van der Waals surface area contributed by atoms with Crippen molar-refractivity contribution in [3.8, 4) is 11.5 Å². The first-order valence-corrected chi connectivity index (χ1v) is 6.98. The number of rotatable bonds is 5. The molecule has 3 rings (SSSR count). The Balaban J connectivity index is 1.93. The highest BCUT2D eigenvalue weighted by atomic mass is 16.7. The molecule has 5 heteroatoms. The molecule has 1 unspecified atom stereocenters. The van der Waals surface area contributed by atoms with Gasteiger partial charge in [0.15, 0.2) is 11.5 Å². The Hall–Kier alpha value is -1.75. The van der Waals surface area contributed by atoms with Crippen molar-refractivity contribution in [3.63, 3.8) is 0 Å². The molecule has 1 aliphatic carbocycles. The lowest BCUT2D eigenvalue weighted by atomic mass is 9.91. The van der Waals surface area contributed by atoms with Crippen LogP contribution in [0.15, 0.2) is 18.2 Å². The topological polar surface area (TPSA) is 56.8 Å². The molecule has 20 heavy (non-hydrogen) atoms. The minimum Gasteiger partial charge on any atom is -0.464 e. The number of carbonyl (C=O) groups is 1. The molecule has 1 aliphatic heterocycles. The van der Waals surface area contributed by atoms with Gasteiger partial charge in [0, 0.05) is 6.04 Å². The maximum Gasteiger partial charge on any atom is 0.330 e. The number of esters is 1. The van der Waals surface area contributed by atoms with E-state index >= 15 is 0 Å². The SMILES string of the molecule is CCOC(=O)C(C)(NC1CC1)c1ccc2c(c1)OCO2. The van der Waals surface area contributed by atoms with Gasteiger partial charge >= 0.3 is 5.97 Å². The number of hydrogen-bond donors (Lipinski definition) is 1. The van der Waals surface area contributed by atoms with Crippen molar-refractivity contribution < 1.29 is 19.0 Å². The fraction of sp³-hybridized carbons (Fsp3) is 0.533. The number of ether oxygens (including phenoxy) is 3. The molecule has 1 heterocycles. The summed E-state index contributed by atoms with van der Waals surface area (Å²) < 4.78 is 15.9. The smallest absolute Gasteiger partial charge is 0.330 e. The fourth-order valence-corrected chi connectivity index (χ4v) is 2.38. The largest absolute Gasteiger partial charge is 0.464 e. The summed E-state index contributed by atoms with van der Waals surface area (Å²) in [5.41, 5.74) is -0.00914. The zero-order valence-corrected chi connectivity index (χ0v) is 11.8. The van der Waals surface area contributed by atoms with Gasteiger partial charge in [0.1, 0.15) is 5.54 Å². The summed E-state index contributed by atoms with van der Waals surface area (Å²) in [5, 5.41) is 3.39. The van der Waals surface area contributed by atoms with Crippen molar-refractivity contribution in [3.05, 3.63) is 23.8 Å². The minimum absolute atomic E-state index is 0.227. The molecule has 1 saturated carbocycles. The molecule has 0 saturated heterocycles. The van der Waals surface area contributed by atoms with Gasteiger partial charge in [-0.2, -0.15) is 0 Å². The molecule has 1 aromatic carbocycles. The Morgan fingerprint density at radius 1 is 1.40 bits per heavy atom. The van der Waals surface area contributed by atoms with Gasteiger partial charge in [-0.15, -0.1) is 0 Å². The van der Waals surface area contributed by atoms with E-state index in [1.165, 1.54) is 0 Å². The highest BCUT2D eigenvalue weighted by Gasteiger charge is 2.41. The van der Waals surface area contributed by atoms with Crippen LogP contribution in [0.1, 0.15) is 32.3 Å². The summed E-state index contributed by atoms with van der Waals surface area (Å²) >= 11 is 0. The highest BCUT2D eigenvalue weighted by Crippen LogP contribution is 2.37. The highest BCUT2D eigenvalue weighted by molar-refractivity contribution is 5.82. The van der Waals surface area contributed by atoms with Crippen LogP contribution in [-0.4, -0.2) is 25.4 Å². The average molecular weight is 277 g/mol. The van der Waals surface area contributed by atoms with Crippen molar-refractivity contribution in [1.29, 1.82) is 0 Å². The molecule has 0 bridgehead atoms. The van der Waals surface area contributed by atoms with Gasteiger partial charge in [0.05, 0.1) is 6.61 Å². The molecule has 0 aromatic heterocycles. The second-order valence-electron chi connectivity index (χ2n) is 5.33. The van der Waals surface area contributed by atoms with Gasteiger partial charge in [-0.25, -0.2) is 4.79 Å². The van der Waals surface area contributed by atoms with Gasteiger partial charge in [-0.05, 0) is 44.4 Å². The minimum atomic E-state index is -0.849. The Morgan fingerprint density at radius 2 is 2.15 bits per heavy atom. The van der Waals surface area contributed by atoms with Crippen molar-refractivity contribution in [2.75, 3.05) is 13.4 Å². The van der Waals surface area contributed by atoms with E-state index in [0.29, 0.717) is 24.1 Å². The van der Waals surface area contributed by atoms with Gasteiger partial charge < -0.3 is 14.2 Å². The van der Waals surface area contributed by atoms with Crippen molar-refractivity contribution in [2.24, 2.45) is 0 Å².